The first-order valence-corrected chi connectivity index (χ1v) is 10.6. The molecule has 0 aromatic carbocycles. The molecule has 4 heterocycles. The minimum Gasteiger partial charge on any atom is -0.351 e. The Kier molecular flexibility index (Phi) is 4.88. The normalized spacial score (nSPS) is 22.1. The summed E-state index contributed by atoms with van der Waals surface area (Å²) in [4.78, 5) is 20.0. The van der Waals surface area contributed by atoms with Crippen LogP contribution in [0.3, 0.4) is 0 Å². The van der Waals surface area contributed by atoms with Gasteiger partial charge in [0, 0.05) is 24.0 Å². The first-order chi connectivity index (χ1) is 14.9. The van der Waals surface area contributed by atoms with E-state index in [1.165, 1.54) is 24.4 Å². The van der Waals surface area contributed by atoms with Crippen LogP contribution in [0.25, 0.3) is 11.5 Å². The summed E-state index contributed by atoms with van der Waals surface area (Å²) < 4.78 is 52.7. The summed E-state index contributed by atoms with van der Waals surface area (Å²) in [5, 5.41) is 6.11. The van der Waals surface area contributed by atoms with Gasteiger partial charge in [0.1, 0.15) is 11.4 Å². The minimum absolute atomic E-state index is 0.0270. The number of halogens is 4. The van der Waals surface area contributed by atoms with E-state index >= 15 is 0 Å². The molecule has 0 bridgehead atoms. The van der Waals surface area contributed by atoms with Gasteiger partial charge in [0.15, 0.2) is 5.82 Å². The monoisotopic (exact) mass is 449 g/mol. The highest BCUT2D eigenvalue weighted by Gasteiger charge is 2.53. The Morgan fingerprint density at radius 1 is 0.968 bits per heavy atom. The van der Waals surface area contributed by atoms with Crippen LogP contribution in [0.15, 0.2) is 36.5 Å². The quantitative estimate of drug-likeness (QED) is 0.446. The number of fused-ring (bicyclic) bond motifs is 1. The average molecular weight is 449 g/mol. The highest BCUT2D eigenvalue weighted by Crippen LogP contribution is 2.50. The predicted molar refractivity (Wildman–Crippen MR) is 107 cm³/mol. The number of alkyl halides is 3. The zero-order chi connectivity index (χ0) is 21.6. The van der Waals surface area contributed by atoms with Gasteiger partial charge in [-0.1, -0.05) is 6.07 Å². The van der Waals surface area contributed by atoms with Crippen LogP contribution in [0.1, 0.15) is 5.69 Å². The Labute approximate surface area is 178 Å². The van der Waals surface area contributed by atoms with Crippen LogP contribution in [0.5, 0.6) is 0 Å². The van der Waals surface area contributed by atoms with Crippen LogP contribution in [-0.2, 0) is 6.18 Å². The van der Waals surface area contributed by atoms with Crippen molar-refractivity contribution in [2.75, 3.05) is 22.1 Å². The van der Waals surface area contributed by atoms with Gasteiger partial charge < -0.3 is 10.6 Å². The van der Waals surface area contributed by atoms with Crippen molar-refractivity contribution in [1.82, 2.24) is 24.9 Å². The second kappa shape index (κ2) is 7.59. The number of aromatic nitrogens is 5. The highest BCUT2D eigenvalue weighted by molar-refractivity contribution is 7.99. The molecule has 3 aromatic rings. The van der Waals surface area contributed by atoms with Crippen molar-refractivity contribution in [1.29, 1.82) is 0 Å². The van der Waals surface area contributed by atoms with Gasteiger partial charge >= 0.3 is 6.18 Å². The molecule has 0 radical (unpaired) electrons. The summed E-state index contributed by atoms with van der Waals surface area (Å²) in [6, 6.07) is 6.41. The summed E-state index contributed by atoms with van der Waals surface area (Å²) in [6.07, 6.45) is -3.32. The van der Waals surface area contributed by atoms with E-state index in [1.807, 2.05) is 11.8 Å². The van der Waals surface area contributed by atoms with E-state index in [2.05, 4.69) is 35.6 Å². The van der Waals surface area contributed by atoms with Crippen molar-refractivity contribution >= 4 is 29.3 Å². The maximum Gasteiger partial charge on any atom is 0.433 e. The first-order valence-electron chi connectivity index (χ1n) is 9.40. The van der Waals surface area contributed by atoms with Crippen molar-refractivity contribution in [3.8, 4) is 11.5 Å². The van der Waals surface area contributed by atoms with E-state index in [0.717, 1.165) is 23.6 Å². The Hall–Kier alpha value is -3.02. The Morgan fingerprint density at radius 3 is 2.48 bits per heavy atom. The van der Waals surface area contributed by atoms with Gasteiger partial charge in [-0.05, 0) is 41.5 Å². The first kappa shape index (κ1) is 19.9. The molecular weight excluding hydrogens is 434 g/mol. The van der Waals surface area contributed by atoms with Crippen molar-refractivity contribution < 1.29 is 17.6 Å². The van der Waals surface area contributed by atoms with Gasteiger partial charge in [0.2, 0.25) is 17.8 Å². The topological polar surface area (TPSA) is 88.5 Å². The van der Waals surface area contributed by atoms with E-state index in [9.17, 15) is 17.6 Å². The fourth-order valence-electron chi connectivity index (χ4n) is 3.54. The maximum atomic E-state index is 13.4. The predicted octanol–water partition coefficient (Wildman–Crippen LogP) is 4.00. The van der Waals surface area contributed by atoms with E-state index < -0.39 is 17.8 Å². The van der Waals surface area contributed by atoms with Crippen molar-refractivity contribution in [2.24, 2.45) is 11.8 Å². The lowest BCUT2D eigenvalue weighted by atomic mass is 10.3. The number of anilines is 3. The molecule has 2 N–H and O–H groups in total. The number of rotatable bonds is 5. The number of thioether (sulfide) groups is 1. The minimum atomic E-state index is -4.59. The summed E-state index contributed by atoms with van der Waals surface area (Å²) in [5.74, 6) is 2.72. The lowest BCUT2D eigenvalue weighted by Crippen LogP contribution is -2.15. The van der Waals surface area contributed by atoms with E-state index in [0.29, 0.717) is 17.5 Å². The van der Waals surface area contributed by atoms with E-state index in [1.54, 1.807) is 0 Å². The van der Waals surface area contributed by atoms with Gasteiger partial charge in [0.05, 0.1) is 0 Å². The SMILES string of the molecule is Fc1cc(Nc2nc(NC3C4CSCC43)nc(-c3cccc(C(F)(F)F)n3)n2)ccn1. The molecule has 0 amide bonds. The number of hydrogen-bond acceptors (Lipinski definition) is 8. The molecule has 2 unspecified atom stereocenters. The third kappa shape index (κ3) is 4.24. The van der Waals surface area contributed by atoms with Crippen LogP contribution < -0.4 is 10.6 Å². The molecule has 0 spiro atoms. The number of hydrogen-bond donors (Lipinski definition) is 2. The zero-order valence-corrected chi connectivity index (χ0v) is 16.6. The van der Waals surface area contributed by atoms with Crippen LogP contribution in [0.4, 0.5) is 35.1 Å². The van der Waals surface area contributed by atoms with E-state index in [-0.39, 0.29) is 29.5 Å². The van der Waals surface area contributed by atoms with Crippen molar-refractivity contribution in [3.63, 3.8) is 0 Å². The molecule has 2 fully saturated rings. The molecule has 160 valence electrons. The van der Waals surface area contributed by atoms with Crippen LogP contribution in [0.2, 0.25) is 0 Å². The van der Waals surface area contributed by atoms with Crippen LogP contribution >= 0.6 is 11.8 Å². The molecule has 12 heteroatoms. The number of nitrogens with one attached hydrogen (secondary N) is 2. The third-order valence-corrected chi connectivity index (χ3v) is 6.38. The van der Waals surface area contributed by atoms with Crippen LogP contribution in [0, 0.1) is 17.8 Å². The molecule has 2 aliphatic rings. The standard InChI is InChI=1S/C19H15F4N7S/c20-14-6-9(4-5-24-14)25-17-28-16(12-2-1-3-13(26-12)19(21,22)23)29-18(30-17)27-15-10-7-31-8-11(10)15/h1-6,10-11,15H,7-8H2,(H2,24,25,27,28,29,30). The fourth-order valence-corrected chi connectivity index (χ4v) is 5.13. The molecule has 31 heavy (non-hydrogen) atoms. The average Bonchev–Trinajstić information content (AvgIpc) is 3.14. The largest absolute Gasteiger partial charge is 0.433 e. The molecule has 1 saturated heterocycles. The van der Waals surface area contributed by atoms with Gasteiger partial charge in [0.25, 0.3) is 0 Å². The fraction of sp³-hybridized carbons (Fsp3) is 0.316. The lowest BCUT2D eigenvalue weighted by molar-refractivity contribution is -0.141. The Bertz CT molecular complexity index is 1120. The maximum absolute atomic E-state index is 13.4. The van der Waals surface area contributed by atoms with Gasteiger partial charge in [-0.15, -0.1) is 0 Å². The molecule has 7 nitrogen and oxygen atoms in total. The molecule has 3 aromatic heterocycles. The van der Waals surface area contributed by atoms with Crippen molar-refractivity contribution in [2.45, 2.75) is 12.2 Å². The summed E-state index contributed by atoms with van der Waals surface area (Å²) in [6.45, 7) is 0. The summed E-state index contributed by atoms with van der Waals surface area (Å²) in [5.41, 5.74) is -0.748. The second-order valence-electron chi connectivity index (χ2n) is 7.24. The van der Waals surface area contributed by atoms with Gasteiger partial charge in [-0.2, -0.15) is 44.3 Å². The summed E-state index contributed by atoms with van der Waals surface area (Å²) >= 11 is 1.89. The van der Waals surface area contributed by atoms with Gasteiger partial charge in [-0.3, -0.25) is 0 Å². The number of nitrogens with zero attached hydrogens (tertiary/aromatic N) is 5. The molecule has 1 saturated carbocycles. The van der Waals surface area contributed by atoms with E-state index in [4.69, 9.17) is 0 Å². The Balaban J connectivity index is 1.49. The second-order valence-corrected chi connectivity index (χ2v) is 8.31. The molecule has 1 aliphatic carbocycles. The molecule has 2 atom stereocenters. The van der Waals surface area contributed by atoms with Crippen molar-refractivity contribution in [3.05, 3.63) is 48.2 Å². The molecular formula is C19H15F4N7S. The Morgan fingerprint density at radius 2 is 1.74 bits per heavy atom. The molecule has 1 aliphatic heterocycles. The third-order valence-electron chi connectivity index (χ3n) is 5.13. The highest BCUT2D eigenvalue weighted by atomic mass is 32.2. The van der Waals surface area contributed by atoms with Crippen LogP contribution in [-0.4, -0.2) is 42.5 Å². The zero-order valence-electron chi connectivity index (χ0n) is 15.8. The summed E-state index contributed by atoms with van der Waals surface area (Å²) in [7, 11) is 0. The smallest absolute Gasteiger partial charge is 0.351 e. The van der Waals surface area contributed by atoms with Gasteiger partial charge in [-0.25, -0.2) is 9.97 Å². The lowest BCUT2D eigenvalue weighted by Gasteiger charge is -2.12. The number of pyridine rings is 2. The molecule has 5 rings (SSSR count).